The second kappa shape index (κ2) is 5.66. The molecular formula is C19H26N6O. The van der Waals surface area contributed by atoms with Crippen LogP contribution in [0.2, 0.25) is 0 Å². The van der Waals surface area contributed by atoms with E-state index >= 15 is 0 Å². The maximum atomic E-state index is 13.0. The molecule has 7 nitrogen and oxygen atoms in total. The molecule has 0 N–H and O–H groups in total. The Morgan fingerprint density at radius 3 is 2.73 bits per heavy atom. The minimum absolute atomic E-state index is 0.169. The van der Waals surface area contributed by atoms with Crippen molar-refractivity contribution in [3.63, 3.8) is 0 Å². The van der Waals surface area contributed by atoms with E-state index in [-0.39, 0.29) is 11.3 Å². The summed E-state index contributed by atoms with van der Waals surface area (Å²) in [5.41, 5.74) is 2.21. The number of carbonyl (C=O) groups excluding carboxylic acids is 1. The largest absolute Gasteiger partial charge is 0.340 e. The minimum atomic E-state index is 0.169. The Morgan fingerprint density at radius 2 is 2.12 bits per heavy atom. The van der Waals surface area contributed by atoms with Gasteiger partial charge in [-0.15, -0.1) is 10.2 Å². The molecule has 5 rings (SSSR count). The van der Waals surface area contributed by atoms with Crippen molar-refractivity contribution < 1.29 is 4.79 Å². The topological polar surface area (TPSA) is 68.8 Å². The van der Waals surface area contributed by atoms with Crippen molar-refractivity contribution in [2.75, 3.05) is 13.1 Å². The molecule has 0 aromatic carbocycles. The highest BCUT2D eigenvalue weighted by atomic mass is 16.2. The van der Waals surface area contributed by atoms with Gasteiger partial charge in [0.25, 0.3) is 0 Å². The zero-order valence-corrected chi connectivity index (χ0v) is 15.6. The van der Waals surface area contributed by atoms with Crippen LogP contribution in [0.4, 0.5) is 0 Å². The molecular weight excluding hydrogens is 328 g/mol. The lowest BCUT2D eigenvalue weighted by Crippen LogP contribution is -2.39. The summed E-state index contributed by atoms with van der Waals surface area (Å²) < 4.78 is 4.10. The van der Waals surface area contributed by atoms with Gasteiger partial charge in [-0.25, -0.2) is 0 Å². The molecule has 7 heteroatoms. The molecule has 2 aromatic rings. The number of carbonyl (C=O) groups is 1. The average molecular weight is 354 g/mol. The number of rotatable bonds is 4. The lowest BCUT2D eigenvalue weighted by atomic mass is 9.62. The number of amides is 1. The number of likely N-dealkylation sites (tertiary alicyclic amines) is 1. The van der Waals surface area contributed by atoms with Crippen LogP contribution in [0.15, 0.2) is 12.4 Å². The Bertz CT molecular complexity index is 844. The summed E-state index contributed by atoms with van der Waals surface area (Å²) in [4.78, 5) is 15.0. The van der Waals surface area contributed by atoms with Crippen LogP contribution in [0, 0.1) is 19.3 Å². The Hall–Kier alpha value is -2.18. The fourth-order valence-electron chi connectivity index (χ4n) is 4.85. The smallest absolute Gasteiger partial charge is 0.244 e. The van der Waals surface area contributed by atoms with Crippen LogP contribution in [0.3, 0.4) is 0 Å². The Balaban J connectivity index is 1.38. The van der Waals surface area contributed by atoms with Crippen molar-refractivity contribution in [3.05, 3.63) is 29.6 Å². The van der Waals surface area contributed by atoms with Gasteiger partial charge >= 0.3 is 0 Å². The molecule has 1 saturated heterocycles. The van der Waals surface area contributed by atoms with Crippen LogP contribution < -0.4 is 0 Å². The van der Waals surface area contributed by atoms with Crippen molar-refractivity contribution in [2.24, 2.45) is 5.41 Å². The third kappa shape index (κ3) is 2.47. The quantitative estimate of drug-likeness (QED) is 0.844. The standard InChI is InChI=1S/C19H26N6O/c1-13-8-14(2)25(22-13)10-17(26)23-9-16(19(11-23)6-3-7-19)18-21-20-12-24(18)15-4-5-15/h8,12,15-16H,3-7,9-11H2,1-2H3. The molecule has 3 heterocycles. The molecule has 2 saturated carbocycles. The van der Waals surface area contributed by atoms with E-state index in [0.29, 0.717) is 18.5 Å². The summed E-state index contributed by atoms with van der Waals surface area (Å²) in [7, 11) is 0. The first-order valence-corrected chi connectivity index (χ1v) is 9.74. The molecule has 1 aliphatic heterocycles. The summed E-state index contributed by atoms with van der Waals surface area (Å²) >= 11 is 0. The van der Waals surface area contributed by atoms with Crippen LogP contribution in [-0.4, -0.2) is 48.4 Å². The first-order chi connectivity index (χ1) is 12.6. The van der Waals surface area contributed by atoms with Crippen LogP contribution in [0.1, 0.15) is 61.3 Å². The lowest BCUT2D eigenvalue weighted by Gasteiger charge is -2.42. The third-order valence-corrected chi connectivity index (χ3v) is 6.59. The second-order valence-electron chi connectivity index (χ2n) is 8.46. The van der Waals surface area contributed by atoms with Gasteiger partial charge in [-0.1, -0.05) is 6.42 Å². The van der Waals surface area contributed by atoms with Crippen LogP contribution in [0.5, 0.6) is 0 Å². The van der Waals surface area contributed by atoms with Gasteiger partial charge in [-0.2, -0.15) is 5.10 Å². The van der Waals surface area contributed by atoms with Gasteiger partial charge in [0.2, 0.25) is 5.91 Å². The van der Waals surface area contributed by atoms with E-state index in [1.165, 1.54) is 32.1 Å². The molecule has 1 unspecified atom stereocenters. The van der Waals surface area contributed by atoms with Gasteiger partial charge in [-0.3, -0.25) is 9.48 Å². The minimum Gasteiger partial charge on any atom is -0.340 e. The van der Waals surface area contributed by atoms with Gasteiger partial charge < -0.3 is 9.47 Å². The van der Waals surface area contributed by atoms with Crippen molar-refractivity contribution in [3.8, 4) is 0 Å². The normalized spacial score (nSPS) is 24.2. The van der Waals surface area contributed by atoms with Crippen LogP contribution >= 0.6 is 0 Å². The van der Waals surface area contributed by atoms with Crippen molar-refractivity contribution >= 4 is 5.91 Å². The zero-order chi connectivity index (χ0) is 17.9. The molecule has 0 bridgehead atoms. The molecule has 138 valence electrons. The van der Waals surface area contributed by atoms with E-state index in [2.05, 4.69) is 19.9 Å². The molecule has 2 aliphatic carbocycles. The number of nitrogens with zero attached hydrogens (tertiary/aromatic N) is 6. The summed E-state index contributed by atoms with van der Waals surface area (Å²) in [5.74, 6) is 1.60. The number of aromatic nitrogens is 5. The van der Waals surface area contributed by atoms with E-state index in [1.54, 1.807) is 0 Å². The summed E-state index contributed by atoms with van der Waals surface area (Å²) in [6.07, 6.45) is 7.99. The van der Waals surface area contributed by atoms with Gasteiger partial charge in [0, 0.05) is 30.7 Å². The predicted molar refractivity (Wildman–Crippen MR) is 95.6 cm³/mol. The highest BCUT2D eigenvalue weighted by molar-refractivity contribution is 5.76. The molecule has 0 radical (unpaired) electrons. The molecule has 1 atom stereocenters. The Labute approximate surface area is 153 Å². The molecule has 3 aliphatic rings. The maximum Gasteiger partial charge on any atom is 0.244 e. The molecule has 2 aromatic heterocycles. The molecule has 3 fully saturated rings. The predicted octanol–water partition coefficient (Wildman–Crippen LogP) is 2.22. The molecule has 1 amide bonds. The molecule has 1 spiro atoms. The monoisotopic (exact) mass is 354 g/mol. The second-order valence-corrected chi connectivity index (χ2v) is 8.46. The first kappa shape index (κ1) is 16.0. The van der Waals surface area contributed by atoms with E-state index in [9.17, 15) is 4.79 Å². The molecule has 26 heavy (non-hydrogen) atoms. The summed E-state index contributed by atoms with van der Waals surface area (Å²) in [5, 5.41) is 13.1. The average Bonchev–Trinajstić information content (AvgIpc) is 3.03. The number of hydrogen-bond acceptors (Lipinski definition) is 4. The highest BCUT2D eigenvalue weighted by Gasteiger charge is 2.54. The van der Waals surface area contributed by atoms with E-state index in [1.807, 2.05) is 35.8 Å². The maximum absolute atomic E-state index is 13.0. The zero-order valence-electron chi connectivity index (χ0n) is 15.6. The van der Waals surface area contributed by atoms with Crippen molar-refractivity contribution in [2.45, 2.75) is 64.5 Å². The van der Waals surface area contributed by atoms with Gasteiger partial charge in [-0.05, 0) is 51.0 Å². The van der Waals surface area contributed by atoms with Crippen molar-refractivity contribution in [1.29, 1.82) is 0 Å². The Morgan fingerprint density at radius 1 is 1.31 bits per heavy atom. The van der Waals surface area contributed by atoms with E-state index in [4.69, 9.17) is 0 Å². The number of hydrogen-bond donors (Lipinski definition) is 0. The van der Waals surface area contributed by atoms with Gasteiger partial charge in [0.15, 0.2) is 0 Å². The van der Waals surface area contributed by atoms with Gasteiger partial charge in [0.1, 0.15) is 18.7 Å². The third-order valence-electron chi connectivity index (χ3n) is 6.59. The lowest BCUT2D eigenvalue weighted by molar-refractivity contribution is -0.131. The van der Waals surface area contributed by atoms with Gasteiger partial charge in [0.05, 0.1) is 5.69 Å². The fourth-order valence-corrected chi connectivity index (χ4v) is 4.85. The number of aryl methyl sites for hydroxylation is 2. The van der Waals surface area contributed by atoms with E-state index in [0.717, 1.165) is 30.3 Å². The fraction of sp³-hybridized carbons (Fsp3) is 0.684. The summed E-state index contributed by atoms with van der Waals surface area (Å²) in [6.45, 7) is 5.92. The van der Waals surface area contributed by atoms with E-state index < -0.39 is 0 Å². The van der Waals surface area contributed by atoms with Crippen LogP contribution in [-0.2, 0) is 11.3 Å². The first-order valence-electron chi connectivity index (χ1n) is 9.74. The Kier molecular flexibility index (Phi) is 3.49. The highest BCUT2D eigenvalue weighted by Crippen LogP contribution is 2.56. The van der Waals surface area contributed by atoms with Crippen molar-refractivity contribution in [1.82, 2.24) is 29.4 Å². The SMILES string of the molecule is Cc1cc(C)n(CC(=O)N2CC(c3nncn3C3CC3)C3(CCC3)C2)n1. The van der Waals surface area contributed by atoms with Crippen LogP contribution in [0.25, 0.3) is 0 Å². The summed E-state index contributed by atoms with van der Waals surface area (Å²) in [6, 6.07) is 2.60.